The summed E-state index contributed by atoms with van der Waals surface area (Å²) in [5, 5.41) is 14.6. The second kappa shape index (κ2) is 9.23. The molecule has 1 rings (SSSR count). The molecule has 2 atom stereocenters. The lowest BCUT2D eigenvalue weighted by Crippen LogP contribution is -2.43. The predicted octanol–water partition coefficient (Wildman–Crippen LogP) is 2.26. The standard InChI is InChI=1S/C16H26N2O3/c1-4-13(9-10-19)18-16(20)17-11-12(2)14-7-5-6-8-15(14)21-3/h5-8,12-13,19H,4,9-11H2,1-3H3,(H2,17,18,20). The van der Waals surface area contributed by atoms with E-state index in [-0.39, 0.29) is 24.6 Å². The number of aliphatic hydroxyl groups is 1. The summed E-state index contributed by atoms with van der Waals surface area (Å²) in [6.45, 7) is 4.64. The molecular formula is C16H26N2O3. The molecule has 0 saturated carbocycles. The predicted molar refractivity (Wildman–Crippen MR) is 83.7 cm³/mol. The Morgan fingerprint density at radius 1 is 1.38 bits per heavy atom. The maximum atomic E-state index is 11.8. The number of ether oxygens (including phenoxy) is 1. The first-order chi connectivity index (χ1) is 10.1. The highest BCUT2D eigenvalue weighted by Crippen LogP contribution is 2.25. The SMILES string of the molecule is CCC(CCO)NC(=O)NCC(C)c1ccccc1OC. The van der Waals surface area contributed by atoms with Gasteiger partial charge >= 0.3 is 6.03 Å². The lowest BCUT2D eigenvalue weighted by atomic mass is 10.0. The number of carbonyl (C=O) groups is 1. The van der Waals surface area contributed by atoms with Crippen LogP contribution in [0.15, 0.2) is 24.3 Å². The second-order valence-electron chi connectivity index (χ2n) is 5.11. The van der Waals surface area contributed by atoms with Crippen molar-refractivity contribution in [3.05, 3.63) is 29.8 Å². The van der Waals surface area contributed by atoms with E-state index in [1.54, 1.807) is 7.11 Å². The molecule has 1 aromatic rings. The van der Waals surface area contributed by atoms with E-state index in [0.29, 0.717) is 13.0 Å². The highest BCUT2D eigenvalue weighted by atomic mass is 16.5. The van der Waals surface area contributed by atoms with Gasteiger partial charge in [-0.15, -0.1) is 0 Å². The van der Waals surface area contributed by atoms with Crippen molar-refractivity contribution in [1.29, 1.82) is 0 Å². The quantitative estimate of drug-likeness (QED) is 0.689. The highest BCUT2D eigenvalue weighted by molar-refractivity contribution is 5.74. The molecular weight excluding hydrogens is 268 g/mol. The van der Waals surface area contributed by atoms with Gasteiger partial charge in [-0.1, -0.05) is 32.0 Å². The third-order valence-corrected chi connectivity index (χ3v) is 3.54. The first-order valence-corrected chi connectivity index (χ1v) is 7.40. The number of benzene rings is 1. The molecule has 0 aliphatic carbocycles. The van der Waals surface area contributed by atoms with E-state index in [1.807, 2.05) is 38.1 Å². The van der Waals surface area contributed by atoms with Gasteiger partial charge in [0.1, 0.15) is 5.75 Å². The number of methoxy groups -OCH3 is 1. The molecule has 0 aromatic heterocycles. The summed E-state index contributed by atoms with van der Waals surface area (Å²) in [5.41, 5.74) is 1.07. The van der Waals surface area contributed by atoms with Gasteiger partial charge in [0, 0.05) is 25.1 Å². The molecule has 2 unspecified atom stereocenters. The fourth-order valence-corrected chi connectivity index (χ4v) is 2.20. The zero-order chi connectivity index (χ0) is 15.7. The van der Waals surface area contributed by atoms with E-state index < -0.39 is 0 Å². The number of urea groups is 1. The third-order valence-electron chi connectivity index (χ3n) is 3.54. The van der Waals surface area contributed by atoms with Crippen LogP contribution in [0.25, 0.3) is 0 Å². The van der Waals surface area contributed by atoms with E-state index in [1.165, 1.54) is 0 Å². The first kappa shape index (κ1) is 17.3. The Hall–Kier alpha value is -1.75. The van der Waals surface area contributed by atoms with Crippen molar-refractivity contribution in [2.45, 2.75) is 38.6 Å². The average molecular weight is 294 g/mol. The van der Waals surface area contributed by atoms with Gasteiger partial charge in [0.2, 0.25) is 0 Å². The van der Waals surface area contributed by atoms with Crippen molar-refractivity contribution in [2.24, 2.45) is 0 Å². The van der Waals surface area contributed by atoms with E-state index in [4.69, 9.17) is 9.84 Å². The zero-order valence-electron chi connectivity index (χ0n) is 13.1. The van der Waals surface area contributed by atoms with Crippen molar-refractivity contribution in [3.63, 3.8) is 0 Å². The van der Waals surface area contributed by atoms with Crippen molar-refractivity contribution < 1.29 is 14.6 Å². The fraction of sp³-hybridized carbons (Fsp3) is 0.562. The van der Waals surface area contributed by atoms with Crippen LogP contribution in [0.3, 0.4) is 0 Å². The summed E-state index contributed by atoms with van der Waals surface area (Å²) >= 11 is 0. The van der Waals surface area contributed by atoms with Crippen LogP contribution in [0.2, 0.25) is 0 Å². The smallest absolute Gasteiger partial charge is 0.315 e. The Morgan fingerprint density at radius 3 is 2.71 bits per heavy atom. The summed E-state index contributed by atoms with van der Waals surface area (Å²) in [5.74, 6) is 0.990. The molecule has 0 radical (unpaired) electrons. The Labute approximate surface area is 126 Å². The number of nitrogens with one attached hydrogen (secondary N) is 2. The van der Waals surface area contributed by atoms with Crippen LogP contribution >= 0.6 is 0 Å². The van der Waals surface area contributed by atoms with Crippen LogP contribution < -0.4 is 15.4 Å². The molecule has 21 heavy (non-hydrogen) atoms. The van der Waals surface area contributed by atoms with Gasteiger partial charge in [-0.25, -0.2) is 4.79 Å². The molecule has 0 aliphatic rings. The summed E-state index contributed by atoms with van der Waals surface area (Å²) in [7, 11) is 1.65. The number of hydrogen-bond donors (Lipinski definition) is 3. The molecule has 0 bridgehead atoms. The molecule has 5 heteroatoms. The van der Waals surface area contributed by atoms with E-state index in [0.717, 1.165) is 17.7 Å². The number of rotatable bonds is 8. The van der Waals surface area contributed by atoms with E-state index >= 15 is 0 Å². The maximum absolute atomic E-state index is 11.8. The van der Waals surface area contributed by atoms with Gasteiger partial charge in [0.15, 0.2) is 0 Å². The van der Waals surface area contributed by atoms with E-state index in [2.05, 4.69) is 10.6 Å². The second-order valence-corrected chi connectivity index (χ2v) is 5.11. The largest absolute Gasteiger partial charge is 0.496 e. The minimum absolute atomic E-state index is 0.0107. The lowest BCUT2D eigenvalue weighted by Gasteiger charge is -2.19. The van der Waals surface area contributed by atoms with Gasteiger partial charge in [0.25, 0.3) is 0 Å². The summed E-state index contributed by atoms with van der Waals surface area (Å²) < 4.78 is 5.33. The monoisotopic (exact) mass is 294 g/mol. The maximum Gasteiger partial charge on any atom is 0.315 e. The van der Waals surface area contributed by atoms with Gasteiger partial charge < -0.3 is 20.5 Å². The topological polar surface area (TPSA) is 70.6 Å². The Kier molecular flexibility index (Phi) is 7.61. The zero-order valence-corrected chi connectivity index (χ0v) is 13.1. The van der Waals surface area contributed by atoms with Gasteiger partial charge in [-0.05, 0) is 24.5 Å². The number of aliphatic hydroxyl groups excluding tert-OH is 1. The number of hydrogen-bond acceptors (Lipinski definition) is 3. The van der Waals surface area contributed by atoms with Crippen LogP contribution in [-0.2, 0) is 0 Å². The molecule has 0 fully saturated rings. The van der Waals surface area contributed by atoms with E-state index in [9.17, 15) is 4.79 Å². The van der Waals surface area contributed by atoms with Gasteiger partial charge in [-0.2, -0.15) is 0 Å². The molecule has 118 valence electrons. The molecule has 0 heterocycles. The number of para-hydroxylation sites is 1. The van der Waals surface area contributed by atoms with Crippen LogP contribution in [0.4, 0.5) is 4.79 Å². The molecule has 2 amide bonds. The minimum atomic E-state index is -0.197. The normalized spacial score (nSPS) is 13.3. The minimum Gasteiger partial charge on any atom is -0.496 e. The number of carbonyl (C=O) groups excluding carboxylic acids is 1. The average Bonchev–Trinajstić information content (AvgIpc) is 2.52. The highest BCUT2D eigenvalue weighted by Gasteiger charge is 2.13. The van der Waals surface area contributed by atoms with Crippen molar-refractivity contribution in [2.75, 3.05) is 20.3 Å². The van der Waals surface area contributed by atoms with Crippen molar-refractivity contribution in [1.82, 2.24) is 10.6 Å². The molecule has 0 aliphatic heterocycles. The third kappa shape index (κ3) is 5.63. The first-order valence-electron chi connectivity index (χ1n) is 7.40. The van der Waals surface area contributed by atoms with Crippen LogP contribution in [-0.4, -0.2) is 37.4 Å². The molecule has 0 spiro atoms. The van der Waals surface area contributed by atoms with Gasteiger partial charge in [-0.3, -0.25) is 0 Å². The van der Waals surface area contributed by atoms with Crippen LogP contribution in [0.1, 0.15) is 38.2 Å². The van der Waals surface area contributed by atoms with Crippen LogP contribution in [0.5, 0.6) is 5.75 Å². The molecule has 1 aromatic carbocycles. The van der Waals surface area contributed by atoms with Gasteiger partial charge in [0.05, 0.1) is 7.11 Å². The molecule has 0 saturated heterocycles. The van der Waals surface area contributed by atoms with Crippen LogP contribution in [0, 0.1) is 0 Å². The lowest BCUT2D eigenvalue weighted by molar-refractivity contribution is 0.227. The van der Waals surface area contributed by atoms with Crippen molar-refractivity contribution in [3.8, 4) is 5.75 Å². The number of amides is 2. The summed E-state index contributed by atoms with van der Waals surface area (Å²) in [6, 6.07) is 7.62. The fourth-order valence-electron chi connectivity index (χ4n) is 2.20. The molecule has 3 N–H and O–H groups in total. The Balaban J connectivity index is 2.48. The summed E-state index contributed by atoms with van der Waals surface area (Å²) in [4.78, 5) is 11.8. The van der Waals surface area contributed by atoms with Crippen molar-refractivity contribution >= 4 is 6.03 Å². The Bertz CT molecular complexity index is 437. The molecule has 5 nitrogen and oxygen atoms in total. The Morgan fingerprint density at radius 2 is 2.10 bits per heavy atom. The summed E-state index contributed by atoms with van der Waals surface area (Å²) in [6.07, 6.45) is 1.38.